The second-order valence-corrected chi connectivity index (χ2v) is 9.91. The molecule has 168 valence electrons. The number of sulfone groups is 1. The molecule has 0 unspecified atom stereocenters. The Morgan fingerprint density at radius 1 is 1.28 bits per heavy atom. The minimum Gasteiger partial charge on any atom is -0.497 e. The van der Waals surface area contributed by atoms with E-state index in [0.717, 1.165) is 11.3 Å². The SMILES string of the molecule is C=CCn1c(=NC(=O)CCCS(=O)(=O)c2ccc(OC)cc2)sc2cc([N+](=O)[O-])ccc21. The smallest absolute Gasteiger partial charge is 0.270 e. The van der Waals surface area contributed by atoms with E-state index in [1.807, 2.05) is 0 Å². The summed E-state index contributed by atoms with van der Waals surface area (Å²) in [6.07, 6.45) is 1.71. The van der Waals surface area contributed by atoms with E-state index in [2.05, 4.69) is 11.6 Å². The lowest BCUT2D eigenvalue weighted by molar-refractivity contribution is -0.384. The molecule has 0 bridgehead atoms. The molecule has 0 N–H and O–H groups in total. The van der Waals surface area contributed by atoms with Crippen molar-refractivity contribution >= 4 is 43.0 Å². The number of non-ortho nitro benzene ring substituents is 1. The second-order valence-electron chi connectivity index (χ2n) is 6.80. The van der Waals surface area contributed by atoms with Crippen LogP contribution >= 0.6 is 11.3 Å². The number of aromatic nitrogens is 1. The minimum atomic E-state index is -3.53. The van der Waals surface area contributed by atoms with Crippen molar-refractivity contribution in [2.24, 2.45) is 4.99 Å². The highest BCUT2D eigenvalue weighted by molar-refractivity contribution is 7.91. The number of rotatable bonds is 9. The molecule has 1 heterocycles. The number of amides is 1. The van der Waals surface area contributed by atoms with Crippen LogP contribution in [-0.4, -0.2) is 36.7 Å². The monoisotopic (exact) mass is 475 g/mol. The molecule has 0 saturated carbocycles. The molecule has 0 radical (unpaired) electrons. The predicted molar refractivity (Wildman–Crippen MR) is 122 cm³/mol. The number of hydrogen-bond acceptors (Lipinski definition) is 7. The largest absolute Gasteiger partial charge is 0.497 e. The van der Waals surface area contributed by atoms with Gasteiger partial charge in [-0.15, -0.1) is 6.58 Å². The Morgan fingerprint density at radius 3 is 2.62 bits per heavy atom. The van der Waals surface area contributed by atoms with E-state index in [1.54, 1.807) is 28.8 Å². The third-order valence-electron chi connectivity index (χ3n) is 4.63. The zero-order chi connectivity index (χ0) is 23.3. The normalized spacial score (nSPS) is 12.1. The summed E-state index contributed by atoms with van der Waals surface area (Å²) in [5.74, 6) is -0.0977. The van der Waals surface area contributed by atoms with Gasteiger partial charge in [-0.1, -0.05) is 17.4 Å². The first-order valence-electron chi connectivity index (χ1n) is 9.58. The maximum Gasteiger partial charge on any atom is 0.270 e. The summed E-state index contributed by atoms with van der Waals surface area (Å²) in [7, 11) is -2.04. The van der Waals surface area contributed by atoms with Crippen molar-refractivity contribution < 1.29 is 22.9 Å². The Bertz CT molecular complexity index is 1340. The van der Waals surface area contributed by atoms with E-state index < -0.39 is 20.7 Å². The molecule has 0 aliphatic carbocycles. The summed E-state index contributed by atoms with van der Waals surface area (Å²) < 4.78 is 32.3. The van der Waals surface area contributed by atoms with Crippen molar-refractivity contribution in [1.29, 1.82) is 0 Å². The number of carbonyl (C=O) groups excluding carboxylic acids is 1. The number of carbonyl (C=O) groups is 1. The van der Waals surface area contributed by atoms with Gasteiger partial charge in [-0.2, -0.15) is 4.99 Å². The number of methoxy groups -OCH3 is 1. The molecule has 0 aliphatic heterocycles. The number of hydrogen-bond donors (Lipinski definition) is 0. The standard InChI is InChI=1S/C21H21N3O6S2/c1-3-12-23-18-11-6-15(24(26)27)14-19(18)31-21(23)22-20(25)5-4-13-32(28,29)17-9-7-16(30-2)8-10-17/h3,6-11,14H,1,4-5,12-13H2,2H3. The summed E-state index contributed by atoms with van der Waals surface area (Å²) in [6.45, 7) is 4.07. The molecule has 1 aromatic heterocycles. The number of nitro groups is 1. The molecule has 32 heavy (non-hydrogen) atoms. The second kappa shape index (κ2) is 9.88. The molecule has 3 aromatic rings. The number of nitro benzene ring substituents is 1. The number of allylic oxidation sites excluding steroid dienone is 1. The third kappa shape index (κ3) is 5.29. The van der Waals surface area contributed by atoms with Crippen LogP contribution in [0.2, 0.25) is 0 Å². The van der Waals surface area contributed by atoms with Crippen molar-refractivity contribution in [3.8, 4) is 5.75 Å². The van der Waals surface area contributed by atoms with Crippen LogP contribution in [0.15, 0.2) is 65.0 Å². The number of benzene rings is 2. The van der Waals surface area contributed by atoms with Crippen molar-refractivity contribution in [1.82, 2.24) is 4.57 Å². The predicted octanol–water partition coefficient (Wildman–Crippen LogP) is 3.49. The van der Waals surface area contributed by atoms with Gasteiger partial charge in [0.05, 0.1) is 32.9 Å². The van der Waals surface area contributed by atoms with Crippen LogP contribution < -0.4 is 9.54 Å². The molecule has 3 rings (SSSR count). The molecule has 0 fully saturated rings. The number of fused-ring (bicyclic) bond motifs is 1. The first-order valence-corrected chi connectivity index (χ1v) is 12.0. The van der Waals surface area contributed by atoms with Gasteiger partial charge in [0.25, 0.3) is 5.69 Å². The van der Waals surface area contributed by atoms with Crippen LogP contribution in [0, 0.1) is 10.1 Å². The minimum absolute atomic E-state index is 0.0438. The van der Waals surface area contributed by atoms with Gasteiger partial charge in [0.15, 0.2) is 14.6 Å². The van der Waals surface area contributed by atoms with Crippen LogP contribution in [0.5, 0.6) is 5.75 Å². The maximum absolute atomic E-state index is 12.5. The quantitative estimate of drug-likeness (QED) is 0.265. The summed E-state index contributed by atoms with van der Waals surface area (Å²) in [5.41, 5.74) is 0.653. The molecular weight excluding hydrogens is 454 g/mol. The number of thiazole rings is 1. The summed E-state index contributed by atoms with van der Waals surface area (Å²) >= 11 is 1.16. The van der Waals surface area contributed by atoms with Crippen LogP contribution in [-0.2, 0) is 21.2 Å². The zero-order valence-electron chi connectivity index (χ0n) is 17.3. The molecule has 9 nitrogen and oxygen atoms in total. The highest BCUT2D eigenvalue weighted by atomic mass is 32.2. The van der Waals surface area contributed by atoms with Crippen LogP contribution in [0.1, 0.15) is 12.8 Å². The lowest BCUT2D eigenvalue weighted by atomic mass is 10.3. The molecule has 1 amide bonds. The molecule has 0 saturated heterocycles. The Hall–Kier alpha value is -3.31. The van der Waals surface area contributed by atoms with Gasteiger partial charge >= 0.3 is 0 Å². The fraction of sp³-hybridized carbons (Fsp3) is 0.238. The topological polar surface area (TPSA) is 121 Å². The third-order valence-corrected chi connectivity index (χ3v) is 7.49. The van der Waals surface area contributed by atoms with Crippen molar-refractivity contribution in [2.45, 2.75) is 24.3 Å². The van der Waals surface area contributed by atoms with Gasteiger partial charge in [0.1, 0.15) is 5.75 Å². The molecule has 2 aromatic carbocycles. The molecule has 11 heteroatoms. The summed E-state index contributed by atoms with van der Waals surface area (Å²) in [6, 6.07) is 10.5. The van der Waals surface area contributed by atoms with E-state index in [9.17, 15) is 23.3 Å². The number of nitrogens with zero attached hydrogens (tertiary/aromatic N) is 3. The van der Waals surface area contributed by atoms with E-state index in [0.29, 0.717) is 27.3 Å². The average molecular weight is 476 g/mol. The lowest BCUT2D eigenvalue weighted by Gasteiger charge is -2.05. The fourth-order valence-corrected chi connectivity index (χ4v) is 5.44. The van der Waals surface area contributed by atoms with E-state index in [1.165, 1.54) is 31.4 Å². The van der Waals surface area contributed by atoms with Crippen LogP contribution in [0.25, 0.3) is 10.2 Å². The first kappa shape index (κ1) is 23.4. The maximum atomic E-state index is 12.5. The Morgan fingerprint density at radius 2 is 2.00 bits per heavy atom. The highest BCUT2D eigenvalue weighted by Crippen LogP contribution is 2.23. The van der Waals surface area contributed by atoms with Crippen molar-refractivity contribution in [2.75, 3.05) is 12.9 Å². The van der Waals surface area contributed by atoms with Gasteiger partial charge in [-0.3, -0.25) is 14.9 Å². The van der Waals surface area contributed by atoms with E-state index in [-0.39, 0.29) is 29.2 Å². The average Bonchev–Trinajstić information content (AvgIpc) is 3.10. The molecular formula is C21H21N3O6S2. The Balaban J connectivity index is 1.76. The molecule has 0 spiro atoms. The van der Waals surface area contributed by atoms with Crippen LogP contribution in [0.4, 0.5) is 5.69 Å². The van der Waals surface area contributed by atoms with Gasteiger partial charge < -0.3 is 9.30 Å². The Labute approximate surface area is 188 Å². The van der Waals surface area contributed by atoms with E-state index in [4.69, 9.17) is 4.74 Å². The Kier molecular flexibility index (Phi) is 7.21. The van der Waals surface area contributed by atoms with Crippen molar-refractivity contribution in [3.05, 3.63) is 70.0 Å². The first-order chi connectivity index (χ1) is 15.2. The van der Waals surface area contributed by atoms with Gasteiger partial charge in [-0.25, -0.2) is 8.42 Å². The van der Waals surface area contributed by atoms with Gasteiger partial charge in [0, 0.05) is 25.1 Å². The number of ether oxygens (including phenoxy) is 1. The van der Waals surface area contributed by atoms with Gasteiger partial charge in [0.2, 0.25) is 5.91 Å². The summed E-state index contributed by atoms with van der Waals surface area (Å²) in [5, 5.41) is 11.0. The zero-order valence-corrected chi connectivity index (χ0v) is 18.9. The highest BCUT2D eigenvalue weighted by Gasteiger charge is 2.16. The lowest BCUT2D eigenvalue weighted by Crippen LogP contribution is -2.16. The van der Waals surface area contributed by atoms with Crippen molar-refractivity contribution in [3.63, 3.8) is 0 Å². The summed E-state index contributed by atoms with van der Waals surface area (Å²) in [4.78, 5) is 27.6. The van der Waals surface area contributed by atoms with Gasteiger partial charge in [-0.05, 0) is 36.8 Å². The van der Waals surface area contributed by atoms with Crippen LogP contribution in [0.3, 0.4) is 0 Å². The molecule has 0 aliphatic rings. The fourth-order valence-electron chi connectivity index (χ4n) is 3.04. The molecule has 0 atom stereocenters. The van der Waals surface area contributed by atoms with E-state index >= 15 is 0 Å².